The average Bonchev–Trinajstić information content (AvgIpc) is 2.85. The summed E-state index contributed by atoms with van der Waals surface area (Å²) in [5.74, 6) is 0.921. The van der Waals surface area contributed by atoms with E-state index in [0.717, 1.165) is 22.9 Å². The Hall–Kier alpha value is -3.08. The van der Waals surface area contributed by atoms with Gasteiger partial charge in [-0.25, -0.2) is 18.3 Å². The maximum absolute atomic E-state index is 14.1. The second kappa shape index (κ2) is 6.81. The van der Waals surface area contributed by atoms with Crippen molar-refractivity contribution in [2.45, 2.75) is 26.2 Å². The molecular formula is C17H19F2N5O. The van der Waals surface area contributed by atoms with Crippen LogP contribution in [-0.2, 0) is 5.41 Å². The summed E-state index contributed by atoms with van der Waals surface area (Å²) in [7, 11) is 0. The zero-order valence-corrected chi connectivity index (χ0v) is 14.2. The van der Waals surface area contributed by atoms with Gasteiger partial charge in [0.2, 0.25) is 0 Å². The van der Waals surface area contributed by atoms with Crippen molar-refractivity contribution in [3.8, 4) is 18.0 Å². The number of hydrogen-bond donors (Lipinski definition) is 3. The molecule has 0 aliphatic heterocycles. The highest BCUT2D eigenvalue weighted by Crippen LogP contribution is 2.35. The molecule has 0 bridgehead atoms. The van der Waals surface area contributed by atoms with E-state index in [4.69, 9.17) is 12.2 Å². The quantitative estimate of drug-likeness (QED) is 0.747. The third-order valence-corrected chi connectivity index (χ3v) is 3.36. The molecule has 4 N–H and O–H groups in total. The SMILES string of the molecule is C#CCNC(=O)Nc1c(C(C)(C)C)nn(-c2cc(F)ccc2F)c1N. The number of carbonyl (C=O) groups excluding carboxylic acids is 1. The third kappa shape index (κ3) is 3.88. The van der Waals surface area contributed by atoms with Crippen LogP contribution in [-0.4, -0.2) is 22.4 Å². The monoisotopic (exact) mass is 347 g/mol. The van der Waals surface area contributed by atoms with Crippen LogP contribution in [0.15, 0.2) is 18.2 Å². The molecule has 1 aromatic heterocycles. The molecule has 1 heterocycles. The van der Waals surface area contributed by atoms with Crippen molar-refractivity contribution < 1.29 is 13.6 Å². The molecule has 1 aromatic carbocycles. The number of terminal acetylenes is 1. The molecule has 2 aromatic rings. The van der Waals surface area contributed by atoms with E-state index in [-0.39, 0.29) is 23.7 Å². The van der Waals surface area contributed by atoms with Crippen LogP contribution in [0, 0.1) is 24.0 Å². The fourth-order valence-corrected chi connectivity index (χ4v) is 2.20. The van der Waals surface area contributed by atoms with Crippen LogP contribution < -0.4 is 16.4 Å². The number of hydrogen-bond acceptors (Lipinski definition) is 3. The van der Waals surface area contributed by atoms with Crippen molar-refractivity contribution in [3.05, 3.63) is 35.5 Å². The first kappa shape index (κ1) is 18.3. The summed E-state index contributed by atoms with van der Waals surface area (Å²) in [5, 5.41) is 9.31. The Morgan fingerprint density at radius 2 is 2.08 bits per heavy atom. The molecule has 132 valence electrons. The van der Waals surface area contributed by atoms with Crippen LogP contribution >= 0.6 is 0 Å². The van der Waals surface area contributed by atoms with Crippen molar-refractivity contribution in [3.63, 3.8) is 0 Å². The van der Waals surface area contributed by atoms with Crippen LogP contribution in [0.1, 0.15) is 26.5 Å². The van der Waals surface area contributed by atoms with Crippen molar-refractivity contribution in [2.24, 2.45) is 0 Å². The van der Waals surface area contributed by atoms with Gasteiger partial charge in [0.05, 0.1) is 12.2 Å². The fourth-order valence-electron chi connectivity index (χ4n) is 2.20. The number of urea groups is 1. The molecular weight excluding hydrogens is 328 g/mol. The Labute approximate surface area is 144 Å². The molecule has 0 radical (unpaired) electrons. The minimum Gasteiger partial charge on any atom is -0.382 e. The number of nitrogens with one attached hydrogen (secondary N) is 2. The molecule has 0 saturated carbocycles. The molecule has 25 heavy (non-hydrogen) atoms. The van der Waals surface area contributed by atoms with Gasteiger partial charge >= 0.3 is 6.03 Å². The second-order valence-electron chi connectivity index (χ2n) is 6.38. The maximum atomic E-state index is 14.1. The Balaban J connectivity index is 2.56. The summed E-state index contributed by atoms with van der Waals surface area (Å²) in [5.41, 5.74) is 6.02. The molecule has 0 saturated heterocycles. The minimum absolute atomic E-state index is 0.0229. The molecule has 2 amide bonds. The van der Waals surface area contributed by atoms with Crippen molar-refractivity contribution in [1.29, 1.82) is 0 Å². The number of rotatable bonds is 3. The smallest absolute Gasteiger partial charge is 0.320 e. The summed E-state index contributed by atoms with van der Waals surface area (Å²) in [4.78, 5) is 11.9. The normalized spacial score (nSPS) is 11.0. The first-order valence-corrected chi connectivity index (χ1v) is 7.48. The Morgan fingerprint density at radius 3 is 2.68 bits per heavy atom. The Kier molecular flexibility index (Phi) is 4.97. The highest BCUT2D eigenvalue weighted by molar-refractivity contribution is 5.93. The number of aromatic nitrogens is 2. The minimum atomic E-state index is -0.695. The largest absolute Gasteiger partial charge is 0.382 e. The van der Waals surface area contributed by atoms with Gasteiger partial charge in [0.1, 0.15) is 23.0 Å². The van der Waals surface area contributed by atoms with Gasteiger partial charge in [0.15, 0.2) is 5.82 Å². The predicted octanol–water partition coefficient (Wildman–Crippen LogP) is 2.78. The molecule has 6 nitrogen and oxygen atoms in total. The van der Waals surface area contributed by atoms with Crippen LogP contribution in [0.2, 0.25) is 0 Å². The first-order valence-electron chi connectivity index (χ1n) is 7.48. The second-order valence-corrected chi connectivity index (χ2v) is 6.38. The fraction of sp³-hybridized carbons (Fsp3) is 0.294. The number of anilines is 2. The zero-order valence-electron chi connectivity index (χ0n) is 14.2. The lowest BCUT2D eigenvalue weighted by Gasteiger charge is -2.17. The molecule has 0 aliphatic rings. The topological polar surface area (TPSA) is 85.0 Å². The zero-order chi connectivity index (χ0) is 18.8. The van der Waals surface area contributed by atoms with Gasteiger partial charge in [-0.3, -0.25) is 0 Å². The lowest BCUT2D eigenvalue weighted by atomic mass is 9.91. The van der Waals surface area contributed by atoms with Crippen LogP contribution in [0.4, 0.5) is 25.1 Å². The highest BCUT2D eigenvalue weighted by Gasteiger charge is 2.28. The van der Waals surface area contributed by atoms with E-state index in [1.54, 1.807) is 0 Å². The van der Waals surface area contributed by atoms with Crippen molar-refractivity contribution >= 4 is 17.5 Å². The summed E-state index contributed by atoms with van der Waals surface area (Å²) >= 11 is 0. The highest BCUT2D eigenvalue weighted by atomic mass is 19.1. The van der Waals surface area contributed by atoms with Crippen molar-refractivity contribution in [1.82, 2.24) is 15.1 Å². The maximum Gasteiger partial charge on any atom is 0.320 e. The van der Waals surface area contributed by atoms with Crippen LogP contribution in [0.3, 0.4) is 0 Å². The van der Waals surface area contributed by atoms with E-state index >= 15 is 0 Å². The summed E-state index contributed by atoms with van der Waals surface area (Å²) in [6.07, 6.45) is 5.10. The lowest BCUT2D eigenvalue weighted by Crippen LogP contribution is -2.30. The van der Waals surface area contributed by atoms with E-state index in [1.165, 1.54) is 0 Å². The van der Waals surface area contributed by atoms with Gasteiger partial charge in [-0.2, -0.15) is 5.10 Å². The number of nitrogens with zero attached hydrogens (tertiary/aromatic N) is 2. The summed E-state index contributed by atoms with van der Waals surface area (Å²) in [6.45, 7) is 5.59. The van der Waals surface area contributed by atoms with Crippen LogP contribution in [0.25, 0.3) is 5.69 Å². The van der Waals surface area contributed by atoms with Crippen molar-refractivity contribution in [2.75, 3.05) is 17.6 Å². The van der Waals surface area contributed by atoms with Gasteiger partial charge in [0.25, 0.3) is 0 Å². The van der Waals surface area contributed by atoms with E-state index in [1.807, 2.05) is 20.8 Å². The number of benzene rings is 1. The van der Waals surface area contributed by atoms with Gasteiger partial charge in [0, 0.05) is 11.5 Å². The molecule has 0 spiro atoms. The third-order valence-electron chi connectivity index (χ3n) is 3.36. The molecule has 0 aliphatic carbocycles. The molecule has 0 fully saturated rings. The Morgan fingerprint density at radius 1 is 1.40 bits per heavy atom. The van der Waals surface area contributed by atoms with Gasteiger partial charge in [-0.1, -0.05) is 26.7 Å². The lowest BCUT2D eigenvalue weighted by molar-refractivity contribution is 0.253. The first-order chi connectivity index (χ1) is 11.6. The summed E-state index contributed by atoms with van der Waals surface area (Å²) in [6, 6.07) is 2.38. The molecule has 0 unspecified atom stereocenters. The molecule has 0 atom stereocenters. The number of halogens is 2. The van der Waals surface area contributed by atoms with Gasteiger partial charge in [-0.15, -0.1) is 6.42 Å². The van der Waals surface area contributed by atoms with Gasteiger partial charge < -0.3 is 16.4 Å². The molecule has 2 rings (SSSR count). The Bertz CT molecular complexity index is 846. The number of amides is 2. The average molecular weight is 347 g/mol. The standard InChI is InChI=1S/C17H19F2N5O/c1-5-8-21-16(25)22-13-14(17(2,3)4)23-24(15(13)20)12-9-10(18)6-7-11(12)19/h1,6-7,9H,8,20H2,2-4H3,(H2,21,22,25). The number of nitrogens with two attached hydrogens (primary N) is 1. The number of carbonyl (C=O) groups is 1. The van der Waals surface area contributed by atoms with E-state index in [9.17, 15) is 13.6 Å². The van der Waals surface area contributed by atoms with E-state index in [2.05, 4.69) is 21.7 Å². The van der Waals surface area contributed by atoms with E-state index in [0.29, 0.717) is 5.69 Å². The van der Waals surface area contributed by atoms with Gasteiger partial charge in [-0.05, 0) is 12.1 Å². The predicted molar refractivity (Wildman–Crippen MR) is 92.4 cm³/mol. The summed E-state index contributed by atoms with van der Waals surface area (Å²) < 4.78 is 28.7. The van der Waals surface area contributed by atoms with Crippen LogP contribution in [0.5, 0.6) is 0 Å². The number of nitrogen functional groups attached to an aromatic ring is 1. The molecule has 8 heteroatoms. The van der Waals surface area contributed by atoms with E-state index < -0.39 is 23.1 Å².